The molecule has 0 aromatic carbocycles. The number of hydrogen-bond acceptors (Lipinski definition) is 9. The molecule has 12 nitrogen and oxygen atoms in total. The van der Waals surface area contributed by atoms with Gasteiger partial charge in [0, 0.05) is 43.2 Å². The first kappa shape index (κ1) is 25.8. The summed E-state index contributed by atoms with van der Waals surface area (Å²) in [5.41, 5.74) is 2.11. The fourth-order valence-corrected chi connectivity index (χ4v) is 5.69. The van der Waals surface area contributed by atoms with Gasteiger partial charge in [0.15, 0.2) is 17.5 Å². The molecule has 0 aliphatic carbocycles. The first-order chi connectivity index (χ1) is 19.3. The quantitative estimate of drug-likeness (QED) is 0.372. The van der Waals surface area contributed by atoms with Crippen molar-refractivity contribution in [3.63, 3.8) is 0 Å². The third kappa shape index (κ3) is 4.98. The van der Waals surface area contributed by atoms with Crippen molar-refractivity contribution in [2.75, 3.05) is 29.9 Å². The fourth-order valence-electron chi connectivity index (χ4n) is 5.69. The number of nitrogens with one attached hydrogen (secondary N) is 2. The number of piperidine rings is 2. The molecule has 1 spiro atoms. The van der Waals surface area contributed by atoms with E-state index in [1.807, 2.05) is 37.8 Å². The Bertz CT molecular complexity index is 1510. The molecule has 1 amide bonds. The molecule has 2 aliphatic heterocycles. The molecule has 2 saturated heterocycles. The van der Waals surface area contributed by atoms with Crippen LogP contribution in [0.25, 0.3) is 5.82 Å². The second-order valence-electron chi connectivity index (χ2n) is 10.7. The second kappa shape index (κ2) is 10.3. The third-order valence-corrected chi connectivity index (χ3v) is 7.92. The number of halogens is 1. The molecule has 0 saturated carbocycles. The van der Waals surface area contributed by atoms with E-state index in [-0.39, 0.29) is 11.9 Å². The lowest BCUT2D eigenvalue weighted by Gasteiger charge is -2.47. The molecule has 13 heteroatoms. The van der Waals surface area contributed by atoms with E-state index in [9.17, 15) is 9.18 Å². The van der Waals surface area contributed by atoms with Crippen LogP contribution in [0.2, 0.25) is 0 Å². The molecule has 6 heterocycles. The summed E-state index contributed by atoms with van der Waals surface area (Å²) in [6.45, 7) is 7.97. The van der Waals surface area contributed by atoms with Crippen molar-refractivity contribution in [3.8, 4) is 5.82 Å². The SMILES string of the molecule is Cc1cc(Nc2cc(C)[nH]n2)nc(N2CCC3(CCCN([C@@H](C)c4cnc(-n5cc(F)cn5)cn4)C3=O)CC2)n1. The van der Waals surface area contributed by atoms with Crippen LogP contribution in [0.3, 0.4) is 0 Å². The van der Waals surface area contributed by atoms with Gasteiger partial charge in [-0.1, -0.05) is 0 Å². The average Bonchev–Trinajstić information content (AvgIpc) is 3.57. The summed E-state index contributed by atoms with van der Waals surface area (Å²) >= 11 is 0. The zero-order valence-corrected chi connectivity index (χ0v) is 22.8. The molecule has 0 radical (unpaired) electrons. The lowest BCUT2D eigenvalue weighted by molar-refractivity contribution is -0.150. The van der Waals surface area contributed by atoms with Crippen molar-refractivity contribution in [1.29, 1.82) is 0 Å². The highest BCUT2D eigenvalue weighted by Gasteiger charge is 2.47. The van der Waals surface area contributed by atoms with E-state index < -0.39 is 11.2 Å². The zero-order valence-electron chi connectivity index (χ0n) is 22.8. The molecule has 2 fully saturated rings. The molecule has 1 atom stereocenters. The van der Waals surface area contributed by atoms with E-state index in [1.165, 1.54) is 10.9 Å². The maximum atomic E-state index is 13.9. The van der Waals surface area contributed by atoms with Crippen LogP contribution in [0.4, 0.5) is 22.0 Å². The number of aryl methyl sites for hydroxylation is 2. The highest BCUT2D eigenvalue weighted by Crippen LogP contribution is 2.43. The van der Waals surface area contributed by atoms with E-state index in [0.717, 1.165) is 43.3 Å². The summed E-state index contributed by atoms with van der Waals surface area (Å²) in [6, 6.07) is 3.59. The summed E-state index contributed by atoms with van der Waals surface area (Å²) in [6.07, 6.45) is 8.85. The van der Waals surface area contributed by atoms with Crippen molar-refractivity contribution < 1.29 is 9.18 Å². The molecule has 4 aromatic rings. The minimum absolute atomic E-state index is 0.173. The van der Waals surface area contributed by atoms with E-state index in [2.05, 4.69) is 40.5 Å². The molecule has 208 valence electrons. The minimum Gasteiger partial charge on any atom is -0.341 e. The first-order valence-electron chi connectivity index (χ1n) is 13.5. The summed E-state index contributed by atoms with van der Waals surface area (Å²) in [4.78, 5) is 36.4. The van der Waals surface area contributed by atoms with Crippen LogP contribution in [-0.2, 0) is 4.79 Å². The van der Waals surface area contributed by atoms with Gasteiger partial charge in [0.25, 0.3) is 0 Å². The van der Waals surface area contributed by atoms with Gasteiger partial charge in [-0.2, -0.15) is 15.2 Å². The van der Waals surface area contributed by atoms with Gasteiger partial charge < -0.3 is 15.1 Å². The summed E-state index contributed by atoms with van der Waals surface area (Å²) < 4.78 is 14.7. The number of carbonyl (C=O) groups is 1. The number of hydrogen-bond donors (Lipinski definition) is 2. The number of aromatic amines is 1. The van der Waals surface area contributed by atoms with Crippen LogP contribution in [0.15, 0.2) is 36.9 Å². The summed E-state index contributed by atoms with van der Waals surface area (Å²) in [5, 5.41) is 14.3. The van der Waals surface area contributed by atoms with Crippen molar-refractivity contribution in [2.24, 2.45) is 5.41 Å². The van der Waals surface area contributed by atoms with E-state index in [4.69, 9.17) is 4.98 Å². The Morgan fingerprint density at radius 2 is 1.85 bits per heavy atom. The Balaban J connectivity index is 1.13. The maximum absolute atomic E-state index is 13.9. The van der Waals surface area contributed by atoms with Crippen LogP contribution in [0.5, 0.6) is 0 Å². The summed E-state index contributed by atoms with van der Waals surface area (Å²) in [7, 11) is 0. The topological polar surface area (TPSA) is 134 Å². The molecule has 40 heavy (non-hydrogen) atoms. The van der Waals surface area contributed by atoms with Crippen LogP contribution in [0.1, 0.15) is 55.7 Å². The number of likely N-dealkylation sites (tertiary alicyclic amines) is 1. The minimum atomic E-state index is -0.440. The first-order valence-corrected chi connectivity index (χ1v) is 13.5. The van der Waals surface area contributed by atoms with Crippen LogP contribution in [-0.4, -0.2) is 70.4 Å². The van der Waals surface area contributed by atoms with Gasteiger partial charge in [-0.05, 0) is 46.5 Å². The van der Waals surface area contributed by atoms with Crippen molar-refractivity contribution >= 4 is 23.5 Å². The standard InChI is InChI=1S/C27H32FN11O/c1-17-11-22(33-23-12-18(2)35-36-23)34-26(32-17)37-9-6-27(7-10-37)5-4-8-38(25(27)40)19(3)21-14-30-24(15-29-21)39-16-20(28)13-31-39/h11-16,19H,4-10H2,1-3H3,(H2,32,33,34,35,36)/t19-/m0/s1. The van der Waals surface area contributed by atoms with Gasteiger partial charge in [0.1, 0.15) is 5.82 Å². The number of amides is 1. The molecule has 0 unspecified atom stereocenters. The highest BCUT2D eigenvalue weighted by molar-refractivity contribution is 5.84. The molecular formula is C27H32FN11O. The number of aromatic nitrogens is 8. The smallest absolute Gasteiger partial charge is 0.229 e. The molecule has 6 rings (SSSR count). The normalized spacial score (nSPS) is 17.9. The monoisotopic (exact) mass is 545 g/mol. The van der Waals surface area contributed by atoms with E-state index in [1.54, 1.807) is 12.4 Å². The third-order valence-electron chi connectivity index (χ3n) is 7.92. The highest BCUT2D eigenvalue weighted by atomic mass is 19.1. The Morgan fingerprint density at radius 3 is 2.52 bits per heavy atom. The van der Waals surface area contributed by atoms with Gasteiger partial charge in [-0.15, -0.1) is 0 Å². The predicted octanol–water partition coefficient (Wildman–Crippen LogP) is 3.65. The molecule has 2 N–H and O–H groups in total. The number of nitrogens with zero attached hydrogens (tertiary/aromatic N) is 9. The number of H-pyrrole nitrogens is 1. The molecule has 4 aromatic heterocycles. The largest absolute Gasteiger partial charge is 0.341 e. The van der Waals surface area contributed by atoms with Crippen LogP contribution < -0.4 is 10.2 Å². The van der Waals surface area contributed by atoms with Crippen molar-refractivity contribution in [3.05, 3.63) is 59.8 Å². The Kier molecular flexibility index (Phi) is 6.64. The fraction of sp³-hybridized carbons (Fsp3) is 0.444. The van der Waals surface area contributed by atoms with Gasteiger partial charge in [0.2, 0.25) is 11.9 Å². The lowest BCUT2D eigenvalue weighted by atomic mass is 9.71. The molecular weight excluding hydrogens is 513 g/mol. The average molecular weight is 546 g/mol. The molecule has 0 bridgehead atoms. The number of anilines is 3. The maximum Gasteiger partial charge on any atom is 0.229 e. The van der Waals surface area contributed by atoms with Crippen molar-refractivity contribution in [1.82, 2.24) is 44.8 Å². The van der Waals surface area contributed by atoms with Crippen LogP contribution in [0, 0.1) is 25.1 Å². The summed E-state index contributed by atoms with van der Waals surface area (Å²) in [5.74, 6) is 2.20. The predicted molar refractivity (Wildman–Crippen MR) is 146 cm³/mol. The van der Waals surface area contributed by atoms with E-state index in [0.29, 0.717) is 48.7 Å². The van der Waals surface area contributed by atoms with Crippen molar-refractivity contribution in [2.45, 2.75) is 52.5 Å². The Labute approximate surface area is 231 Å². The van der Waals surface area contributed by atoms with Gasteiger partial charge >= 0.3 is 0 Å². The second-order valence-corrected chi connectivity index (χ2v) is 10.7. The number of rotatable bonds is 6. The Hall–Kier alpha value is -4.42. The van der Waals surface area contributed by atoms with Crippen LogP contribution >= 0.6 is 0 Å². The van der Waals surface area contributed by atoms with E-state index >= 15 is 0 Å². The van der Waals surface area contributed by atoms with Gasteiger partial charge in [-0.25, -0.2) is 19.0 Å². The number of carbonyl (C=O) groups excluding carboxylic acids is 1. The Morgan fingerprint density at radius 1 is 1.02 bits per heavy atom. The van der Waals surface area contributed by atoms with Gasteiger partial charge in [-0.3, -0.25) is 14.9 Å². The molecule has 2 aliphatic rings. The lowest BCUT2D eigenvalue weighted by Crippen LogP contribution is -2.54. The van der Waals surface area contributed by atoms with Gasteiger partial charge in [0.05, 0.1) is 41.9 Å². The zero-order chi connectivity index (χ0) is 27.9.